The van der Waals surface area contributed by atoms with E-state index in [9.17, 15) is 9.59 Å². The number of rotatable bonds is 11. The molecule has 0 N–H and O–H groups in total. The van der Waals surface area contributed by atoms with Crippen LogP contribution in [0.3, 0.4) is 0 Å². The highest BCUT2D eigenvalue weighted by Gasteiger charge is 2.42. The molecule has 36 heavy (non-hydrogen) atoms. The van der Waals surface area contributed by atoms with Gasteiger partial charge in [-0.15, -0.1) is 0 Å². The van der Waals surface area contributed by atoms with Crippen LogP contribution in [-0.4, -0.2) is 36.7 Å². The number of benzene rings is 1. The van der Waals surface area contributed by atoms with E-state index in [1.54, 1.807) is 0 Å². The van der Waals surface area contributed by atoms with Gasteiger partial charge in [-0.1, -0.05) is 50.6 Å². The van der Waals surface area contributed by atoms with Crippen LogP contribution in [0.1, 0.15) is 102 Å². The summed E-state index contributed by atoms with van der Waals surface area (Å²) < 4.78 is 12.1. The van der Waals surface area contributed by atoms with Gasteiger partial charge in [0, 0.05) is 48.3 Å². The number of allylic oxidation sites excluding steroid dienone is 4. The Morgan fingerprint density at radius 3 is 2.08 bits per heavy atom. The Balaban J connectivity index is 1.67. The molecule has 6 heteroatoms. The summed E-state index contributed by atoms with van der Waals surface area (Å²) in [6.07, 6.45) is 11.5. The zero-order valence-electron chi connectivity index (χ0n) is 22.1. The molecule has 0 atom stereocenters. The SMILES string of the molecule is CCCCCCCCOc1c(Cl)cc(C2C3=C(CCCC3=O)N(C)C3=C2C(=O)CCC3)cc1OCC. The van der Waals surface area contributed by atoms with E-state index in [1.165, 1.54) is 25.7 Å². The van der Waals surface area contributed by atoms with E-state index in [4.69, 9.17) is 21.1 Å². The van der Waals surface area contributed by atoms with Crippen LogP contribution in [0.15, 0.2) is 34.7 Å². The fraction of sp³-hybridized carbons (Fsp3) is 0.600. The minimum absolute atomic E-state index is 0.135. The summed E-state index contributed by atoms with van der Waals surface area (Å²) >= 11 is 6.81. The van der Waals surface area contributed by atoms with Crippen molar-refractivity contribution in [2.24, 2.45) is 0 Å². The van der Waals surface area contributed by atoms with Crippen LogP contribution in [-0.2, 0) is 9.59 Å². The normalized spacial score (nSPS) is 18.5. The van der Waals surface area contributed by atoms with Crippen LogP contribution in [0.2, 0.25) is 5.02 Å². The molecule has 0 aromatic heterocycles. The highest BCUT2D eigenvalue weighted by molar-refractivity contribution is 6.32. The van der Waals surface area contributed by atoms with Crippen molar-refractivity contribution < 1.29 is 19.1 Å². The molecule has 5 nitrogen and oxygen atoms in total. The average molecular weight is 514 g/mol. The van der Waals surface area contributed by atoms with Crippen LogP contribution in [0.25, 0.3) is 0 Å². The van der Waals surface area contributed by atoms with Crippen molar-refractivity contribution in [1.29, 1.82) is 0 Å². The van der Waals surface area contributed by atoms with Crippen molar-refractivity contribution in [2.45, 2.75) is 96.8 Å². The summed E-state index contributed by atoms with van der Waals surface area (Å²) in [6, 6.07) is 3.83. The monoisotopic (exact) mass is 513 g/mol. The van der Waals surface area contributed by atoms with Crippen molar-refractivity contribution in [3.63, 3.8) is 0 Å². The predicted molar refractivity (Wildman–Crippen MR) is 144 cm³/mol. The zero-order chi connectivity index (χ0) is 25.7. The van der Waals surface area contributed by atoms with Gasteiger partial charge in [0.05, 0.1) is 18.2 Å². The van der Waals surface area contributed by atoms with Gasteiger partial charge in [-0.05, 0) is 56.7 Å². The second kappa shape index (κ2) is 12.3. The van der Waals surface area contributed by atoms with Gasteiger partial charge >= 0.3 is 0 Å². The van der Waals surface area contributed by atoms with Crippen molar-refractivity contribution in [3.05, 3.63) is 45.3 Å². The third-order valence-electron chi connectivity index (χ3n) is 7.65. The van der Waals surface area contributed by atoms with Crippen molar-refractivity contribution in [3.8, 4) is 11.5 Å². The quantitative estimate of drug-likeness (QED) is 0.286. The van der Waals surface area contributed by atoms with Crippen LogP contribution in [0.5, 0.6) is 11.5 Å². The molecule has 0 fully saturated rings. The standard InChI is InChI=1S/C30H40ClNO4/c1-4-6-7-8-9-10-17-36-30-21(31)18-20(19-26(30)35-5-2)27-28-22(13-11-15-24(28)33)32(3)23-14-12-16-25(34)29(23)27/h18-19,27H,4-17H2,1-3H3. The van der Waals surface area contributed by atoms with E-state index < -0.39 is 5.92 Å². The number of nitrogens with zero attached hydrogens (tertiary/aromatic N) is 1. The smallest absolute Gasteiger partial charge is 0.179 e. The first-order valence-corrected chi connectivity index (χ1v) is 14.2. The van der Waals surface area contributed by atoms with Gasteiger partial charge in [0.25, 0.3) is 0 Å². The third-order valence-corrected chi connectivity index (χ3v) is 7.93. The minimum atomic E-state index is -0.392. The Morgan fingerprint density at radius 2 is 1.47 bits per heavy atom. The molecule has 0 saturated carbocycles. The maximum absolute atomic E-state index is 13.3. The number of ether oxygens (including phenoxy) is 2. The van der Waals surface area contributed by atoms with Gasteiger partial charge in [0.15, 0.2) is 23.1 Å². The molecule has 0 radical (unpaired) electrons. The molecule has 1 aromatic carbocycles. The first-order chi connectivity index (χ1) is 17.5. The van der Waals surface area contributed by atoms with E-state index in [2.05, 4.69) is 11.8 Å². The summed E-state index contributed by atoms with van der Waals surface area (Å²) in [7, 11) is 2.01. The second-order valence-electron chi connectivity index (χ2n) is 10.1. The van der Waals surface area contributed by atoms with Gasteiger partial charge in [-0.2, -0.15) is 0 Å². The number of ketones is 2. The highest BCUT2D eigenvalue weighted by Crippen LogP contribution is 2.50. The molecule has 1 heterocycles. The highest BCUT2D eigenvalue weighted by atomic mass is 35.5. The molecule has 4 rings (SSSR count). The van der Waals surface area contributed by atoms with E-state index in [0.29, 0.717) is 42.6 Å². The van der Waals surface area contributed by atoms with Gasteiger partial charge in [-0.25, -0.2) is 0 Å². The molecular formula is C30H40ClNO4. The number of halogens is 1. The lowest BCUT2D eigenvalue weighted by Crippen LogP contribution is -2.37. The maximum atomic E-state index is 13.3. The second-order valence-corrected chi connectivity index (χ2v) is 10.6. The van der Waals surface area contributed by atoms with E-state index in [1.807, 2.05) is 26.1 Å². The van der Waals surface area contributed by atoms with Crippen LogP contribution in [0, 0.1) is 0 Å². The van der Waals surface area contributed by atoms with E-state index in [0.717, 1.165) is 66.6 Å². The van der Waals surface area contributed by atoms with Gasteiger partial charge in [-0.3, -0.25) is 9.59 Å². The third kappa shape index (κ3) is 5.51. The molecule has 0 bridgehead atoms. The maximum Gasteiger partial charge on any atom is 0.179 e. The van der Waals surface area contributed by atoms with Crippen molar-refractivity contribution in [2.75, 3.05) is 20.3 Å². The number of Topliss-reactive ketones (excluding diaryl/α,β-unsaturated/α-hetero) is 2. The first kappa shape index (κ1) is 26.8. The van der Waals surface area contributed by atoms with E-state index in [-0.39, 0.29) is 11.6 Å². The summed E-state index contributed by atoms with van der Waals surface area (Å²) in [5.74, 6) is 1.01. The topological polar surface area (TPSA) is 55.8 Å². The molecular weight excluding hydrogens is 474 g/mol. The molecule has 0 spiro atoms. The molecule has 196 valence electrons. The molecule has 3 aliphatic rings. The number of unbranched alkanes of at least 4 members (excludes halogenated alkanes) is 5. The molecule has 2 aliphatic carbocycles. The first-order valence-electron chi connectivity index (χ1n) is 13.8. The Labute approximate surface area is 220 Å². The zero-order valence-corrected chi connectivity index (χ0v) is 22.8. The summed E-state index contributed by atoms with van der Waals surface area (Å²) in [6.45, 7) is 5.21. The fourth-order valence-corrected chi connectivity index (χ4v) is 6.17. The van der Waals surface area contributed by atoms with Gasteiger partial charge in [0.1, 0.15) is 0 Å². The molecule has 0 amide bonds. The fourth-order valence-electron chi connectivity index (χ4n) is 5.90. The van der Waals surface area contributed by atoms with Gasteiger partial charge in [0.2, 0.25) is 0 Å². The molecule has 0 saturated heterocycles. The van der Waals surface area contributed by atoms with Crippen LogP contribution < -0.4 is 9.47 Å². The van der Waals surface area contributed by atoms with Crippen LogP contribution >= 0.6 is 11.6 Å². The molecule has 0 unspecified atom stereocenters. The Morgan fingerprint density at radius 1 is 0.861 bits per heavy atom. The summed E-state index contributed by atoms with van der Waals surface area (Å²) in [5.41, 5.74) is 4.48. The predicted octanol–water partition coefficient (Wildman–Crippen LogP) is 7.52. The van der Waals surface area contributed by atoms with E-state index >= 15 is 0 Å². The largest absolute Gasteiger partial charge is 0.490 e. The molecule has 1 aromatic rings. The number of carbonyl (C=O) groups excluding carboxylic acids is 2. The lowest BCUT2D eigenvalue weighted by atomic mass is 9.71. The average Bonchev–Trinajstić information content (AvgIpc) is 2.86. The van der Waals surface area contributed by atoms with Crippen molar-refractivity contribution in [1.82, 2.24) is 4.90 Å². The summed E-state index contributed by atoms with van der Waals surface area (Å²) in [4.78, 5) is 28.6. The Kier molecular flexibility index (Phi) is 9.16. The minimum Gasteiger partial charge on any atom is -0.490 e. The van der Waals surface area contributed by atoms with Crippen molar-refractivity contribution >= 4 is 23.2 Å². The lowest BCUT2D eigenvalue weighted by molar-refractivity contribution is -0.117. The summed E-state index contributed by atoms with van der Waals surface area (Å²) in [5, 5.41) is 0.469. The Bertz CT molecular complexity index is 1010. The van der Waals surface area contributed by atoms with Gasteiger partial charge < -0.3 is 14.4 Å². The Hall–Kier alpha value is -2.27. The lowest BCUT2D eigenvalue weighted by Gasteiger charge is -2.42. The molecule has 1 aliphatic heterocycles. The number of hydrogen-bond donors (Lipinski definition) is 0. The van der Waals surface area contributed by atoms with Crippen LogP contribution in [0.4, 0.5) is 0 Å². The number of carbonyl (C=O) groups is 2. The number of hydrogen-bond acceptors (Lipinski definition) is 5.